The van der Waals surface area contributed by atoms with E-state index in [0.717, 1.165) is 12.1 Å². The lowest BCUT2D eigenvalue weighted by Gasteiger charge is -2.19. The molecule has 4 heteroatoms. The number of carbonyl (C=O) groups excluding carboxylic acids is 1. The average molecular weight is 288 g/mol. The first-order chi connectivity index (χ1) is 9.90. The van der Waals surface area contributed by atoms with E-state index >= 15 is 0 Å². The summed E-state index contributed by atoms with van der Waals surface area (Å²) in [5, 5.41) is 5.78. The molecule has 1 aromatic rings. The zero-order valence-electron chi connectivity index (χ0n) is 13.2. The van der Waals surface area contributed by atoms with Crippen LogP contribution in [0.15, 0.2) is 24.3 Å². The summed E-state index contributed by atoms with van der Waals surface area (Å²) in [5.74, 6) is 6.11. The Balaban J connectivity index is 2.31. The normalized spacial score (nSPS) is 10.5. The summed E-state index contributed by atoms with van der Waals surface area (Å²) in [5.41, 5.74) is 1.74. The van der Waals surface area contributed by atoms with Gasteiger partial charge in [-0.05, 0) is 45.5 Å². The number of rotatable bonds is 4. The zero-order chi connectivity index (χ0) is 15.7. The molecule has 0 radical (unpaired) electrons. The molecule has 0 unspecified atom stereocenters. The van der Waals surface area contributed by atoms with Gasteiger partial charge in [0.2, 0.25) is 0 Å². The van der Waals surface area contributed by atoms with E-state index in [0.29, 0.717) is 13.0 Å². The molecule has 0 heterocycles. The molecule has 1 amide bonds. The second-order valence-corrected chi connectivity index (χ2v) is 5.71. The van der Waals surface area contributed by atoms with Crippen LogP contribution in [-0.4, -0.2) is 25.3 Å². The molecule has 0 aliphatic heterocycles. The average Bonchev–Trinajstić information content (AvgIpc) is 2.38. The van der Waals surface area contributed by atoms with Crippen LogP contribution in [0, 0.1) is 11.8 Å². The third-order valence-corrected chi connectivity index (χ3v) is 2.49. The predicted octanol–water partition coefficient (Wildman–Crippen LogP) is 2.67. The largest absolute Gasteiger partial charge is 0.444 e. The molecule has 2 N–H and O–H groups in total. The smallest absolute Gasteiger partial charge is 0.407 e. The summed E-state index contributed by atoms with van der Waals surface area (Å²) >= 11 is 0. The Hall–Kier alpha value is -1.99. The zero-order valence-corrected chi connectivity index (χ0v) is 13.2. The van der Waals surface area contributed by atoms with E-state index in [-0.39, 0.29) is 0 Å². The molecular weight excluding hydrogens is 264 g/mol. The number of hydrogen-bond donors (Lipinski definition) is 2. The third kappa shape index (κ3) is 8.01. The third-order valence-electron chi connectivity index (χ3n) is 2.49. The Kier molecular flexibility index (Phi) is 6.77. The van der Waals surface area contributed by atoms with Crippen molar-refractivity contribution in [3.63, 3.8) is 0 Å². The van der Waals surface area contributed by atoms with E-state index < -0.39 is 11.7 Å². The first-order valence-corrected chi connectivity index (χ1v) is 7.10. The molecule has 0 saturated carbocycles. The molecular formula is C17H24N2O2. The van der Waals surface area contributed by atoms with Crippen LogP contribution in [0.5, 0.6) is 0 Å². The minimum Gasteiger partial charge on any atom is -0.444 e. The van der Waals surface area contributed by atoms with Gasteiger partial charge in [0.1, 0.15) is 5.60 Å². The van der Waals surface area contributed by atoms with Crippen molar-refractivity contribution in [1.29, 1.82) is 0 Å². The highest BCUT2D eigenvalue weighted by molar-refractivity contribution is 5.67. The SMILES string of the molecule is CNCc1ccc(C#CCCNC(=O)OC(C)(C)C)cc1. The Morgan fingerprint density at radius 3 is 2.48 bits per heavy atom. The number of benzene rings is 1. The van der Waals surface area contributed by atoms with Crippen LogP contribution in [0.4, 0.5) is 4.79 Å². The lowest BCUT2D eigenvalue weighted by atomic mass is 10.1. The highest BCUT2D eigenvalue weighted by Crippen LogP contribution is 2.06. The van der Waals surface area contributed by atoms with Gasteiger partial charge >= 0.3 is 6.09 Å². The number of alkyl carbamates (subject to hydrolysis) is 1. The Labute approximate surface area is 127 Å². The van der Waals surface area contributed by atoms with Gasteiger partial charge in [-0.3, -0.25) is 0 Å². The maximum atomic E-state index is 11.4. The van der Waals surface area contributed by atoms with Gasteiger partial charge in [-0.2, -0.15) is 0 Å². The maximum absolute atomic E-state index is 11.4. The highest BCUT2D eigenvalue weighted by atomic mass is 16.6. The molecule has 0 aromatic heterocycles. The van der Waals surface area contributed by atoms with Crippen molar-refractivity contribution in [3.05, 3.63) is 35.4 Å². The second kappa shape index (κ2) is 8.33. The van der Waals surface area contributed by atoms with E-state index in [4.69, 9.17) is 4.74 Å². The molecule has 4 nitrogen and oxygen atoms in total. The van der Waals surface area contributed by atoms with Gasteiger partial charge in [0.05, 0.1) is 0 Å². The van der Waals surface area contributed by atoms with Crippen LogP contribution in [-0.2, 0) is 11.3 Å². The maximum Gasteiger partial charge on any atom is 0.407 e. The van der Waals surface area contributed by atoms with Crippen LogP contribution in [0.25, 0.3) is 0 Å². The second-order valence-electron chi connectivity index (χ2n) is 5.71. The number of hydrogen-bond acceptors (Lipinski definition) is 3. The fourth-order valence-electron chi connectivity index (χ4n) is 1.62. The minimum absolute atomic E-state index is 0.402. The van der Waals surface area contributed by atoms with Gasteiger partial charge in [0.15, 0.2) is 0 Å². The van der Waals surface area contributed by atoms with Crippen LogP contribution in [0.2, 0.25) is 0 Å². The molecule has 21 heavy (non-hydrogen) atoms. The molecule has 114 valence electrons. The number of nitrogens with one attached hydrogen (secondary N) is 2. The van der Waals surface area contributed by atoms with Crippen LogP contribution >= 0.6 is 0 Å². The molecule has 0 saturated heterocycles. The van der Waals surface area contributed by atoms with Crippen molar-refractivity contribution >= 4 is 6.09 Å². The van der Waals surface area contributed by atoms with Crippen molar-refractivity contribution in [3.8, 4) is 11.8 Å². The van der Waals surface area contributed by atoms with Gasteiger partial charge in [-0.15, -0.1) is 0 Å². The van der Waals surface area contributed by atoms with Gasteiger partial charge in [0, 0.05) is 25.1 Å². The standard InChI is InChI=1S/C17H24N2O2/c1-17(2,3)21-16(20)19-12-6-5-7-14-8-10-15(11-9-14)13-18-4/h8-11,18H,6,12-13H2,1-4H3,(H,19,20). The van der Waals surface area contributed by atoms with Crippen molar-refractivity contribution in [2.45, 2.75) is 39.3 Å². The van der Waals surface area contributed by atoms with E-state index in [2.05, 4.69) is 34.6 Å². The lowest BCUT2D eigenvalue weighted by molar-refractivity contribution is 0.0529. The van der Waals surface area contributed by atoms with Crippen LogP contribution in [0.1, 0.15) is 38.3 Å². The topological polar surface area (TPSA) is 50.4 Å². The number of carbonyl (C=O) groups is 1. The fourth-order valence-corrected chi connectivity index (χ4v) is 1.62. The molecule has 0 bridgehead atoms. The molecule has 0 atom stereocenters. The van der Waals surface area contributed by atoms with Gasteiger partial charge in [0.25, 0.3) is 0 Å². The Bertz CT molecular complexity index is 504. The quantitative estimate of drug-likeness (QED) is 0.661. The van der Waals surface area contributed by atoms with E-state index in [9.17, 15) is 4.79 Å². The summed E-state index contributed by atoms with van der Waals surface area (Å²) in [6.07, 6.45) is 0.193. The van der Waals surface area contributed by atoms with E-state index in [1.807, 2.05) is 40.0 Å². The van der Waals surface area contributed by atoms with Crippen LogP contribution in [0.3, 0.4) is 0 Å². The highest BCUT2D eigenvalue weighted by Gasteiger charge is 2.15. The first kappa shape index (κ1) is 17.1. The predicted molar refractivity (Wildman–Crippen MR) is 84.9 cm³/mol. The molecule has 0 aliphatic rings. The lowest BCUT2D eigenvalue weighted by Crippen LogP contribution is -2.32. The van der Waals surface area contributed by atoms with E-state index in [1.165, 1.54) is 5.56 Å². The number of ether oxygens (including phenoxy) is 1. The van der Waals surface area contributed by atoms with Crippen LogP contribution < -0.4 is 10.6 Å². The monoisotopic (exact) mass is 288 g/mol. The van der Waals surface area contributed by atoms with Crippen molar-refractivity contribution < 1.29 is 9.53 Å². The molecule has 1 rings (SSSR count). The molecule has 0 aliphatic carbocycles. The van der Waals surface area contributed by atoms with Crippen molar-refractivity contribution in [2.24, 2.45) is 0 Å². The summed E-state index contributed by atoms with van der Waals surface area (Å²) in [6.45, 7) is 6.85. The summed E-state index contributed by atoms with van der Waals surface area (Å²) in [7, 11) is 1.92. The minimum atomic E-state index is -0.467. The van der Waals surface area contributed by atoms with Crippen molar-refractivity contribution in [1.82, 2.24) is 10.6 Å². The fraction of sp³-hybridized carbons (Fsp3) is 0.471. The number of amides is 1. The van der Waals surface area contributed by atoms with Gasteiger partial charge in [-0.25, -0.2) is 4.79 Å². The first-order valence-electron chi connectivity index (χ1n) is 7.10. The van der Waals surface area contributed by atoms with E-state index in [1.54, 1.807) is 0 Å². The molecule has 0 fully saturated rings. The summed E-state index contributed by atoms with van der Waals surface area (Å²) in [6, 6.07) is 8.11. The Morgan fingerprint density at radius 2 is 1.90 bits per heavy atom. The molecule has 0 spiro atoms. The molecule has 1 aromatic carbocycles. The van der Waals surface area contributed by atoms with Crippen molar-refractivity contribution in [2.75, 3.05) is 13.6 Å². The van der Waals surface area contributed by atoms with Gasteiger partial charge < -0.3 is 15.4 Å². The Morgan fingerprint density at radius 1 is 1.24 bits per heavy atom. The van der Waals surface area contributed by atoms with Gasteiger partial charge in [-0.1, -0.05) is 24.0 Å². The summed E-state index contributed by atoms with van der Waals surface area (Å²) < 4.78 is 5.13. The summed E-state index contributed by atoms with van der Waals surface area (Å²) in [4.78, 5) is 11.4.